The van der Waals surface area contributed by atoms with Gasteiger partial charge in [-0.2, -0.15) is 0 Å². The highest BCUT2D eigenvalue weighted by atomic mass is 16.2. The van der Waals surface area contributed by atoms with E-state index in [4.69, 9.17) is 0 Å². The number of nitrogens with zero attached hydrogens (tertiary/aromatic N) is 3. The zero-order chi connectivity index (χ0) is 18.8. The lowest BCUT2D eigenvalue weighted by Gasteiger charge is -2.29. The molecule has 0 saturated carbocycles. The lowest BCUT2D eigenvalue weighted by atomic mass is 10.0. The minimum atomic E-state index is -0.182. The van der Waals surface area contributed by atoms with E-state index in [-0.39, 0.29) is 11.8 Å². The van der Waals surface area contributed by atoms with Crippen LogP contribution in [0.2, 0.25) is 0 Å². The van der Waals surface area contributed by atoms with E-state index in [1.54, 1.807) is 0 Å². The molecule has 3 heterocycles. The van der Waals surface area contributed by atoms with Gasteiger partial charge in [-0.05, 0) is 50.2 Å². The van der Waals surface area contributed by atoms with Gasteiger partial charge in [-0.1, -0.05) is 25.1 Å². The van der Waals surface area contributed by atoms with Crippen molar-refractivity contribution in [2.75, 3.05) is 18.0 Å². The fourth-order valence-corrected chi connectivity index (χ4v) is 4.08. The molecular formula is C21H26N4O2. The van der Waals surface area contributed by atoms with Gasteiger partial charge in [0.15, 0.2) is 11.5 Å². The summed E-state index contributed by atoms with van der Waals surface area (Å²) >= 11 is 0. The summed E-state index contributed by atoms with van der Waals surface area (Å²) in [5.41, 5.74) is 3.54. The highest BCUT2D eigenvalue weighted by molar-refractivity contribution is 6.07. The fraction of sp³-hybridized carbons (Fsp3) is 0.476. The zero-order valence-corrected chi connectivity index (χ0v) is 15.8. The quantitative estimate of drug-likeness (QED) is 0.905. The monoisotopic (exact) mass is 366 g/mol. The maximum absolute atomic E-state index is 13.4. The second-order valence-electron chi connectivity index (χ2n) is 7.28. The molecule has 0 spiro atoms. The van der Waals surface area contributed by atoms with E-state index in [9.17, 15) is 9.59 Å². The minimum Gasteiger partial charge on any atom is -0.349 e. The highest BCUT2D eigenvalue weighted by Crippen LogP contribution is 2.30. The number of hydrogen-bond donors (Lipinski definition) is 1. The SMILES string of the molecule is CCCNC(=O)c1nc(C(=O)N2CCCc3ccccc32)c2n1CCCC2. The summed E-state index contributed by atoms with van der Waals surface area (Å²) in [6, 6.07) is 8.07. The molecule has 1 aromatic carbocycles. The molecule has 6 heteroatoms. The summed E-state index contributed by atoms with van der Waals surface area (Å²) < 4.78 is 1.96. The number of hydrogen-bond acceptors (Lipinski definition) is 3. The van der Waals surface area contributed by atoms with E-state index in [1.807, 2.05) is 34.6 Å². The highest BCUT2D eigenvalue weighted by Gasteiger charge is 2.31. The first kappa shape index (κ1) is 17.8. The molecule has 142 valence electrons. The number of imidazole rings is 1. The number of fused-ring (bicyclic) bond motifs is 2. The molecule has 1 aromatic heterocycles. The van der Waals surface area contributed by atoms with Crippen molar-refractivity contribution in [1.29, 1.82) is 0 Å². The van der Waals surface area contributed by atoms with Crippen molar-refractivity contribution < 1.29 is 9.59 Å². The fourth-order valence-electron chi connectivity index (χ4n) is 4.08. The molecule has 6 nitrogen and oxygen atoms in total. The van der Waals surface area contributed by atoms with Crippen molar-refractivity contribution >= 4 is 17.5 Å². The van der Waals surface area contributed by atoms with Gasteiger partial charge in [0.2, 0.25) is 0 Å². The van der Waals surface area contributed by atoms with Crippen molar-refractivity contribution in [1.82, 2.24) is 14.9 Å². The average molecular weight is 366 g/mol. The third kappa shape index (κ3) is 3.24. The lowest BCUT2D eigenvalue weighted by molar-refractivity contribution is 0.0937. The maximum Gasteiger partial charge on any atom is 0.287 e. The van der Waals surface area contributed by atoms with Crippen LogP contribution in [0.5, 0.6) is 0 Å². The third-order valence-electron chi connectivity index (χ3n) is 5.41. The van der Waals surface area contributed by atoms with E-state index in [2.05, 4.69) is 16.4 Å². The minimum absolute atomic E-state index is 0.0812. The van der Waals surface area contributed by atoms with Crippen molar-refractivity contribution in [2.24, 2.45) is 0 Å². The van der Waals surface area contributed by atoms with Gasteiger partial charge in [0.25, 0.3) is 11.8 Å². The summed E-state index contributed by atoms with van der Waals surface area (Å²) in [5.74, 6) is 0.118. The van der Waals surface area contributed by atoms with Crippen LogP contribution < -0.4 is 10.2 Å². The predicted molar refractivity (Wildman–Crippen MR) is 104 cm³/mol. The summed E-state index contributed by atoms with van der Waals surface area (Å²) in [4.78, 5) is 32.4. The topological polar surface area (TPSA) is 67.2 Å². The van der Waals surface area contributed by atoms with Crippen molar-refractivity contribution in [3.63, 3.8) is 0 Å². The molecule has 0 unspecified atom stereocenters. The Morgan fingerprint density at radius 2 is 1.96 bits per heavy atom. The second-order valence-corrected chi connectivity index (χ2v) is 7.28. The first-order chi connectivity index (χ1) is 13.2. The molecule has 0 aliphatic carbocycles. The number of carbonyl (C=O) groups excluding carboxylic acids is 2. The van der Waals surface area contributed by atoms with Gasteiger partial charge >= 0.3 is 0 Å². The van der Waals surface area contributed by atoms with Crippen LogP contribution in [-0.4, -0.2) is 34.5 Å². The molecule has 2 amide bonds. The normalized spacial score (nSPS) is 15.8. The number of benzene rings is 1. The predicted octanol–water partition coefficient (Wildman–Crippen LogP) is 2.95. The Bertz CT molecular complexity index is 871. The Hall–Kier alpha value is -2.63. The van der Waals surface area contributed by atoms with Crippen molar-refractivity contribution in [3.05, 3.63) is 47.0 Å². The van der Waals surface area contributed by atoms with Gasteiger partial charge in [-0.3, -0.25) is 9.59 Å². The molecule has 0 saturated heterocycles. The van der Waals surface area contributed by atoms with Gasteiger partial charge in [0.05, 0.1) is 5.69 Å². The van der Waals surface area contributed by atoms with Crippen LogP contribution in [-0.2, 0) is 19.4 Å². The summed E-state index contributed by atoms with van der Waals surface area (Å²) in [6.45, 7) is 4.08. The van der Waals surface area contributed by atoms with Gasteiger partial charge in [0, 0.05) is 25.3 Å². The number of amides is 2. The molecule has 2 aliphatic rings. The van der Waals surface area contributed by atoms with E-state index >= 15 is 0 Å². The molecule has 2 aromatic rings. The Kier molecular flexibility index (Phi) is 4.97. The molecule has 1 N–H and O–H groups in total. The average Bonchev–Trinajstić information content (AvgIpc) is 3.11. The molecule has 27 heavy (non-hydrogen) atoms. The Labute approximate surface area is 159 Å². The van der Waals surface area contributed by atoms with Crippen LogP contribution in [0.1, 0.15) is 65.0 Å². The molecule has 0 fully saturated rings. The molecule has 0 atom stereocenters. The van der Waals surface area contributed by atoms with Crippen LogP contribution >= 0.6 is 0 Å². The Morgan fingerprint density at radius 3 is 2.81 bits per heavy atom. The van der Waals surface area contributed by atoms with Gasteiger partial charge in [-0.25, -0.2) is 4.98 Å². The largest absolute Gasteiger partial charge is 0.349 e. The molecule has 0 radical (unpaired) electrons. The first-order valence-electron chi connectivity index (χ1n) is 9.98. The number of nitrogens with one attached hydrogen (secondary N) is 1. The van der Waals surface area contributed by atoms with Crippen LogP contribution in [0.4, 0.5) is 5.69 Å². The van der Waals surface area contributed by atoms with Gasteiger partial charge in [-0.15, -0.1) is 0 Å². The van der Waals surface area contributed by atoms with Crippen LogP contribution in [0.25, 0.3) is 0 Å². The first-order valence-corrected chi connectivity index (χ1v) is 9.98. The molecule has 4 rings (SSSR count). The van der Waals surface area contributed by atoms with E-state index in [0.717, 1.165) is 56.5 Å². The standard InChI is InChI=1S/C21H26N4O2/c1-2-12-22-20(26)19-23-18(17-11-5-6-13-24(17)19)21(27)25-14-7-9-15-8-3-4-10-16(15)25/h3-4,8,10H,2,5-7,9,11-14H2,1H3,(H,22,26). The second kappa shape index (κ2) is 7.55. The zero-order valence-electron chi connectivity index (χ0n) is 15.8. The maximum atomic E-state index is 13.4. The van der Waals surface area contributed by atoms with Crippen LogP contribution in [0.15, 0.2) is 24.3 Å². The summed E-state index contributed by atoms with van der Waals surface area (Å²) in [5, 5.41) is 2.90. The number of anilines is 1. The van der Waals surface area contributed by atoms with E-state index < -0.39 is 0 Å². The number of aromatic nitrogens is 2. The molecular weight excluding hydrogens is 340 g/mol. The lowest BCUT2D eigenvalue weighted by Crippen LogP contribution is -2.36. The van der Waals surface area contributed by atoms with Gasteiger partial charge < -0.3 is 14.8 Å². The van der Waals surface area contributed by atoms with E-state index in [1.165, 1.54) is 5.56 Å². The number of carbonyl (C=O) groups is 2. The number of aryl methyl sites for hydroxylation is 1. The number of para-hydroxylation sites is 1. The number of rotatable bonds is 4. The molecule has 2 aliphatic heterocycles. The van der Waals surface area contributed by atoms with Gasteiger partial charge in [0.1, 0.15) is 0 Å². The van der Waals surface area contributed by atoms with Crippen molar-refractivity contribution in [3.8, 4) is 0 Å². The Balaban J connectivity index is 1.71. The summed E-state index contributed by atoms with van der Waals surface area (Å²) in [7, 11) is 0. The van der Waals surface area contributed by atoms with E-state index in [0.29, 0.717) is 24.6 Å². The third-order valence-corrected chi connectivity index (χ3v) is 5.41. The van der Waals surface area contributed by atoms with Crippen LogP contribution in [0.3, 0.4) is 0 Å². The van der Waals surface area contributed by atoms with Crippen molar-refractivity contribution in [2.45, 2.75) is 52.0 Å². The van der Waals surface area contributed by atoms with Crippen LogP contribution in [0, 0.1) is 0 Å². The molecule has 0 bridgehead atoms. The Morgan fingerprint density at radius 1 is 1.11 bits per heavy atom. The smallest absolute Gasteiger partial charge is 0.287 e. The summed E-state index contributed by atoms with van der Waals surface area (Å²) in [6.07, 6.45) is 5.64.